The number of nitrogens with one attached hydrogen (secondary N) is 1. The molecule has 4 rings (SSSR count). The van der Waals surface area contributed by atoms with Crippen molar-refractivity contribution in [2.45, 2.75) is 4.90 Å². The van der Waals surface area contributed by atoms with Gasteiger partial charge in [-0.05, 0) is 30.3 Å². The molecule has 0 fully saturated rings. The molecule has 0 aliphatic rings. The molecule has 2 aromatic heterocycles. The van der Waals surface area contributed by atoms with Gasteiger partial charge in [-0.1, -0.05) is 0 Å². The summed E-state index contributed by atoms with van der Waals surface area (Å²) >= 11 is 0. The first-order valence-electron chi connectivity index (χ1n) is 9.85. The van der Waals surface area contributed by atoms with Crippen LogP contribution in [0.1, 0.15) is 0 Å². The van der Waals surface area contributed by atoms with Crippen LogP contribution >= 0.6 is 0 Å². The van der Waals surface area contributed by atoms with Crippen molar-refractivity contribution in [3.05, 3.63) is 60.2 Å². The number of hydrogen-bond donors (Lipinski definition) is 1. The van der Waals surface area contributed by atoms with Gasteiger partial charge in [-0.3, -0.25) is 0 Å². The number of halogens is 2. The highest BCUT2D eigenvalue weighted by atomic mass is 32.2. The van der Waals surface area contributed by atoms with E-state index >= 15 is 0 Å². The van der Waals surface area contributed by atoms with Crippen molar-refractivity contribution in [2.75, 3.05) is 27.4 Å². The van der Waals surface area contributed by atoms with Gasteiger partial charge < -0.3 is 14.2 Å². The van der Waals surface area contributed by atoms with Gasteiger partial charge in [0.2, 0.25) is 15.9 Å². The molecular formula is C21H19F2N5O5S. The molecule has 0 aliphatic carbocycles. The Labute approximate surface area is 193 Å². The molecule has 10 nitrogen and oxygen atoms in total. The number of benzene rings is 2. The van der Waals surface area contributed by atoms with Crippen molar-refractivity contribution >= 4 is 15.7 Å². The molecule has 0 radical (unpaired) electrons. The van der Waals surface area contributed by atoms with Gasteiger partial charge in [0.15, 0.2) is 11.5 Å². The minimum absolute atomic E-state index is 0.107. The highest BCUT2D eigenvalue weighted by Gasteiger charge is 2.19. The Morgan fingerprint density at radius 1 is 1.00 bits per heavy atom. The zero-order valence-corrected chi connectivity index (χ0v) is 18.8. The molecule has 0 atom stereocenters. The summed E-state index contributed by atoms with van der Waals surface area (Å²) in [5, 5.41) is 12.6. The molecule has 0 bridgehead atoms. The topological polar surface area (TPSA) is 117 Å². The lowest BCUT2D eigenvalue weighted by atomic mass is 10.2. The molecule has 0 amide bonds. The Balaban J connectivity index is 1.48. The zero-order valence-electron chi connectivity index (χ0n) is 18.0. The van der Waals surface area contributed by atoms with Gasteiger partial charge in [0.05, 0.1) is 19.8 Å². The summed E-state index contributed by atoms with van der Waals surface area (Å²) < 4.78 is 71.1. The maximum absolute atomic E-state index is 13.8. The number of hydrogen-bond acceptors (Lipinski definition) is 8. The van der Waals surface area contributed by atoms with E-state index < -0.39 is 26.6 Å². The van der Waals surface area contributed by atoms with E-state index in [0.29, 0.717) is 34.6 Å². The van der Waals surface area contributed by atoms with E-state index in [1.807, 2.05) is 0 Å². The van der Waals surface area contributed by atoms with Crippen LogP contribution in [0, 0.1) is 11.6 Å². The Kier molecular flexibility index (Phi) is 6.56. The van der Waals surface area contributed by atoms with Gasteiger partial charge in [0.1, 0.15) is 34.6 Å². The number of nitrogens with zero attached hydrogens (tertiary/aromatic N) is 4. The van der Waals surface area contributed by atoms with Crippen LogP contribution in [-0.4, -0.2) is 55.6 Å². The number of ether oxygens (including phenoxy) is 3. The molecule has 0 saturated heterocycles. The van der Waals surface area contributed by atoms with Crippen molar-refractivity contribution in [3.8, 4) is 28.8 Å². The third-order valence-corrected chi connectivity index (χ3v) is 6.21. The third-order valence-electron chi connectivity index (χ3n) is 4.72. The van der Waals surface area contributed by atoms with Crippen molar-refractivity contribution in [1.29, 1.82) is 0 Å². The first-order valence-corrected chi connectivity index (χ1v) is 11.3. The maximum Gasteiger partial charge on any atom is 0.243 e. The number of rotatable bonds is 9. The Morgan fingerprint density at radius 2 is 1.82 bits per heavy atom. The fourth-order valence-electron chi connectivity index (χ4n) is 3.10. The monoisotopic (exact) mass is 491 g/mol. The van der Waals surface area contributed by atoms with Crippen LogP contribution in [0.4, 0.5) is 8.78 Å². The zero-order chi connectivity index (χ0) is 24.3. The van der Waals surface area contributed by atoms with Crippen LogP contribution < -0.4 is 18.9 Å². The van der Waals surface area contributed by atoms with E-state index in [0.717, 1.165) is 12.1 Å². The van der Waals surface area contributed by atoms with E-state index in [9.17, 15) is 17.2 Å². The molecule has 0 unspecified atom stereocenters. The molecule has 0 spiro atoms. The molecule has 13 heteroatoms. The lowest BCUT2D eigenvalue weighted by Gasteiger charge is -2.10. The number of sulfonamides is 1. The van der Waals surface area contributed by atoms with Crippen LogP contribution in [0.5, 0.6) is 17.4 Å². The number of fused-ring (bicyclic) bond motifs is 1. The summed E-state index contributed by atoms with van der Waals surface area (Å²) in [5.74, 6) is -0.379. The Morgan fingerprint density at radius 3 is 2.56 bits per heavy atom. The summed E-state index contributed by atoms with van der Waals surface area (Å²) in [6.07, 6.45) is 0. The smallest absolute Gasteiger partial charge is 0.243 e. The van der Waals surface area contributed by atoms with Gasteiger partial charge in [-0.2, -0.15) is 4.52 Å². The van der Waals surface area contributed by atoms with Gasteiger partial charge in [-0.25, -0.2) is 21.9 Å². The highest BCUT2D eigenvalue weighted by molar-refractivity contribution is 7.89. The molecule has 1 N–H and O–H groups in total. The van der Waals surface area contributed by atoms with Crippen LogP contribution in [0.3, 0.4) is 0 Å². The van der Waals surface area contributed by atoms with Crippen molar-refractivity contribution in [1.82, 2.24) is 24.5 Å². The Hall–Kier alpha value is -3.84. The molecule has 4 aromatic rings. The quantitative estimate of drug-likeness (QED) is 0.355. The maximum atomic E-state index is 13.8. The largest absolute Gasteiger partial charge is 0.497 e. The number of aromatic nitrogens is 4. The summed E-state index contributed by atoms with van der Waals surface area (Å²) in [4.78, 5) is -0.656. The van der Waals surface area contributed by atoms with Gasteiger partial charge >= 0.3 is 0 Å². The third kappa shape index (κ3) is 4.75. The van der Waals surface area contributed by atoms with E-state index in [1.54, 1.807) is 37.4 Å². The second-order valence-corrected chi connectivity index (χ2v) is 8.59. The van der Waals surface area contributed by atoms with E-state index in [-0.39, 0.29) is 19.0 Å². The average Bonchev–Trinajstić information content (AvgIpc) is 3.24. The first-order chi connectivity index (χ1) is 16.3. The van der Waals surface area contributed by atoms with E-state index in [4.69, 9.17) is 14.2 Å². The predicted octanol–water partition coefficient (Wildman–Crippen LogP) is 2.44. The predicted molar refractivity (Wildman–Crippen MR) is 116 cm³/mol. The highest BCUT2D eigenvalue weighted by Crippen LogP contribution is 2.32. The van der Waals surface area contributed by atoms with Crippen molar-refractivity contribution in [2.24, 2.45) is 0 Å². The fraction of sp³-hybridized carbons (Fsp3) is 0.190. The summed E-state index contributed by atoms with van der Waals surface area (Å²) in [6.45, 7) is -0.288. The van der Waals surface area contributed by atoms with Crippen LogP contribution in [0.2, 0.25) is 0 Å². The van der Waals surface area contributed by atoms with Crippen LogP contribution in [0.15, 0.2) is 53.4 Å². The second-order valence-electron chi connectivity index (χ2n) is 6.85. The standard InChI is InChI=1S/C21H19F2N5O5S/c1-31-14-4-5-15(17(12-14)32-2)21-26-25-19-7-8-20(27-28(19)21)33-10-9-24-34(29,30)18-6-3-13(22)11-16(18)23/h3-8,11-12,24H,9-10H2,1-2H3. The Bertz CT molecular complexity index is 1450. The van der Waals surface area contributed by atoms with Crippen LogP contribution in [-0.2, 0) is 10.0 Å². The average molecular weight is 491 g/mol. The van der Waals surface area contributed by atoms with Gasteiger partial charge in [-0.15, -0.1) is 15.3 Å². The lowest BCUT2D eigenvalue weighted by molar-refractivity contribution is 0.305. The summed E-state index contributed by atoms with van der Waals surface area (Å²) in [5.41, 5.74) is 1.07. The second kappa shape index (κ2) is 9.57. The molecule has 178 valence electrons. The van der Waals surface area contributed by atoms with E-state index in [2.05, 4.69) is 20.0 Å². The molecule has 0 aliphatic heterocycles. The fourth-order valence-corrected chi connectivity index (χ4v) is 4.17. The SMILES string of the molecule is COc1ccc(-c2nnc3ccc(OCCNS(=O)(=O)c4ccc(F)cc4F)nn23)c(OC)c1. The molecule has 34 heavy (non-hydrogen) atoms. The summed E-state index contributed by atoms with van der Waals surface area (Å²) in [7, 11) is -1.13. The number of methoxy groups -OCH3 is 2. The lowest BCUT2D eigenvalue weighted by Crippen LogP contribution is -2.29. The van der Waals surface area contributed by atoms with Crippen molar-refractivity contribution in [3.63, 3.8) is 0 Å². The van der Waals surface area contributed by atoms with Gasteiger partial charge in [0.25, 0.3) is 0 Å². The molecular weight excluding hydrogens is 472 g/mol. The minimum atomic E-state index is -4.19. The molecule has 0 saturated carbocycles. The van der Waals surface area contributed by atoms with Crippen LogP contribution in [0.25, 0.3) is 17.0 Å². The van der Waals surface area contributed by atoms with E-state index in [1.165, 1.54) is 11.6 Å². The molecule has 2 aromatic carbocycles. The van der Waals surface area contributed by atoms with Gasteiger partial charge in [0, 0.05) is 24.7 Å². The molecule has 2 heterocycles. The first kappa shape index (κ1) is 23.3. The van der Waals surface area contributed by atoms with Crippen molar-refractivity contribution < 1.29 is 31.4 Å². The normalized spacial score (nSPS) is 11.5. The summed E-state index contributed by atoms with van der Waals surface area (Å²) in [6, 6.07) is 10.6. The minimum Gasteiger partial charge on any atom is -0.497 e.